The minimum atomic E-state index is -1.46. The van der Waals surface area contributed by atoms with Gasteiger partial charge in [-0.15, -0.1) is 11.3 Å². The molecule has 1 aliphatic rings. The van der Waals surface area contributed by atoms with Crippen molar-refractivity contribution in [3.05, 3.63) is 63.5 Å². The summed E-state index contributed by atoms with van der Waals surface area (Å²) in [6, 6.07) is 8.98. The zero-order chi connectivity index (χ0) is 17.6. The highest BCUT2D eigenvalue weighted by atomic mass is 32.1. The molecule has 0 fully saturated rings. The van der Waals surface area contributed by atoms with Crippen molar-refractivity contribution in [3.8, 4) is 27.4 Å². The molecule has 0 amide bonds. The van der Waals surface area contributed by atoms with Gasteiger partial charge in [0.25, 0.3) is 5.56 Å². The van der Waals surface area contributed by atoms with Crippen molar-refractivity contribution in [2.75, 3.05) is 0 Å². The van der Waals surface area contributed by atoms with E-state index in [0.717, 1.165) is 10.4 Å². The number of carboxylic acid groups (broad SMARTS) is 1. The van der Waals surface area contributed by atoms with Crippen LogP contribution in [-0.4, -0.2) is 15.8 Å². The number of fused-ring (bicyclic) bond motifs is 3. The first-order chi connectivity index (χ1) is 12.0. The van der Waals surface area contributed by atoms with E-state index in [2.05, 4.69) is 0 Å². The number of aryl methyl sites for hydroxylation is 1. The number of aromatic nitrogens is 1. The van der Waals surface area contributed by atoms with Gasteiger partial charge in [-0.25, -0.2) is 9.18 Å². The van der Waals surface area contributed by atoms with E-state index in [4.69, 9.17) is 9.84 Å². The van der Waals surface area contributed by atoms with Crippen LogP contribution in [0.2, 0.25) is 0 Å². The van der Waals surface area contributed by atoms with E-state index in [1.807, 2.05) is 11.4 Å². The van der Waals surface area contributed by atoms with Gasteiger partial charge in [-0.2, -0.15) is 0 Å². The van der Waals surface area contributed by atoms with Crippen LogP contribution in [0.4, 0.5) is 9.18 Å². The fourth-order valence-electron chi connectivity index (χ4n) is 3.10. The molecular weight excluding hydrogens is 345 g/mol. The summed E-state index contributed by atoms with van der Waals surface area (Å²) >= 11 is 1.43. The smallest absolute Gasteiger partial charge is 0.449 e. The first-order valence-electron chi connectivity index (χ1n) is 7.56. The minimum Gasteiger partial charge on any atom is -0.449 e. The molecule has 25 heavy (non-hydrogen) atoms. The van der Waals surface area contributed by atoms with E-state index in [-0.39, 0.29) is 16.9 Å². The molecule has 7 heteroatoms. The van der Waals surface area contributed by atoms with Crippen LogP contribution in [0.1, 0.15) is 5.56 Å². The lowest BCUT2D eigenvalue weighted by Crippen LogP contribution is -2.27. The number of hydrogen-bond acceptors (Lipinski definition) is 4. The summed E-state index contributed by atoms with van der Waals surface area (Å²) in [5, 5.41) is 11.0. The summed E-state index contributed by atoms with van der Waals surface area (Å²) in [5.41, 5.74) is 1.81. The van der Waals surface area contributed by atoms with Crippen LogP contribution in [0.3, 0.4) is 0 Å². The average Bonchev–Trinajstić information content (AvgIpc) is 3.05. The summed E-state index contributed by atoms with van der Waals surface area (Å²) in [5.74, 6) is -0.393. The molecule has 4 rings (SSSR count). The Balaban J connectivity index is 2.01. The molecule has 0 atom stereocenters. The van der Waals surface area contributed by atoms with Crippen molar-refractivity contribution in [3.63, 3.8) is 0 Å². The Kier molecular flexibility index (Phi) is 3.65. The Bertz CT molecular complexity index is 1050. The zero-order valence-electron chi connectivity index (χ0n) is 12.9. The van der Waals surface area contributed by atoms with Crippen molar-refractivity contribution in [2.45, 2.75) is 13.0 Å². The molecule has 0 saturated carbocycles. The maximum Gasteiger partial charge on any atom is 0.511 e. The summed E-state index contributed by atoms with van der Waals surface area (Å²) < 4.78 is 20.0. The van der Waals surface area contributed by atoms with Gasteiger partial charge in [0.2, 0.25) is 0 Å². The van der Waals surface area contributed by atoms with Gasteiger partial charge in [-0.3, -0.25) is 4.79 Å². The predicted octanol–water partition coefficient (Wildman–Crippen LogP) is 4.00. The van der Waals surface area contributed by atoms with Crippen LogP contribution >= 0.6 is 11.3 Å². The lowest BCUT2D eigenvalue weighted by Gasteiger charge is -2.22. The Labute approximate surface area is 145 Å². The second-order valence-corrected chi connectivity index (χ2v) is 6.55. The maximum atomic E-state index is 13.6. The molecule has 1 aromatic carbocycles. The van der Waals surface area contributed by atoms with Crippen LogP contribution in [0.25, 0.3) is 21.7 Å². The monoisotopic (exact) mass is 357 g/mol. The van der Waals surface area contributed by atoms with Gasteiger partial charge < -0.3 is 14.4 Å². The number of rotatable bonds is 2. The summed E-state index contributed by atoms with van der Waals surface area (Å²) in [6.07, 6.45) is -0.791. The molecule has 1 N–H and O–H groups in total. The van der Waals surface area contributed by atoms with Crippen LogP contribution in [0, 0.1) is 5.82 Å². The number of pyridine rings is 1. The molecule has 1 aliphatic heterocycles. The van der Waals surface area contributed by atoms with Crippen LogP contribution in [0.5, 0.6) is 5.75 Å². The number of benzene rings is 1. The van der Waals surface area contributed by atoms with E-state index < -0.39 is 12.0 Å². The van der Waals surface area contributed by atoms with E-state index in [9.17, 15) is 14.0 Å². The summed E-state index contributed by atoms with van der Waals surface area (Å²) in [4.78, 5) is 24.9. The summed E-state index contributed by atoms with van der Waals surface area (Å²) in [7, 11) is 0. The van der Waals surface area contributed by atoms with Gasteiger partial charge in [0.15, 0.2) is 5.75 Å². The van der Waals surface area contributed by atoms with Crippen molar-refractivity contribution in [2.24, 2.45) is 0 Å². The quantitative estimate of drug-likeness (QED) is 0.704. The van der Waals surface area contributed by atoms with E-state index in [1.165, 1.54) is 40.2 Å². The Hall–Kier alpha value is -2.93. The molecule has 0 spiro atoms. The lowest BCUT2D eigenvalue weighted by atomic mass is 10.0. The second kappa shape index (κ2) is 5.86. The minimum absolute atomic E-state index is 0.0785. The van der Waals surface area contributed by atoms with Gasteiger partial charge >= 0.3 is 6.16 Å². The van der Waals surface area contributed by atoms with Gasteiger partial charge in [-0.1, -0.05) is 12.1 Å². The molecule has 0 aliphatic carbocycles. The van der Waals surface area contributed by atoms with Crippen LogP contribution < -0.4 is 10.3 Å². The van der Waals surface area contributed by atoms with Gasteiger partial charge in [0, 0.05) is 6.54 Å². The molecule has 5 nitrogen and oxygen atoms in total. The third-order valence-corrected chi connectivity index (χ3v) is 5.12. The Morgan fingerprint density at radius 3 is 2.88 bits per heavy atom. The third kappa shape index (κ3) is 2.62. The van der Waals surface area contributed by atoms with Gasteiger partial charge in [0.05, 0.1) is 10.4 Å². The first kappa shape index (κ1) is 15.6. The normalized spacial score (nSPS) is 12.4. The zero-order valence-corrected chi connectivity index (χ0v) is 13.7. The average molecular weight is 357 g/mol. The third-order valence-electron chi connectivity index (χ3n) is 4.15. The number of ether oxygens (including phenoxy) is 1. The molecule has 126 valence electrons. The van der Waals surface area contributed by atoms with E-state index in [1.54, 1.807) is 6.07 Å². The number of halogens is 1. The molecule has 0 bridgehead atoms. The predicted molar refractivity (Wildman–Crippen MR) is 91.8 cm³/mol. The van der Waals surface area contributed by atoms with E-state index >= 15 is 0 Å². The number of carbonyl (C=O) groups is 1. The SMILES string of the molecule is O=C(O)Oc1cc(-c2cccc(F)c2)c(=O)n2c1-c1sccc1CC2. The molecule has 3 aromatic rings. The van der Waals surface area contributed by atoms with Gasteiger partial charge in [-0.05, 0) is 47.2 Å². The molecule has 0 unspecified atom stereocenters. The van der Waals surface area contributed by atoms with Crippen LogP contribution in [-0.2, 0) is 13.0 Å². The lowest BCUT2D eigenvalue weighted by molar-refractivity contribution is 0.144. The largest absolute Gasteiger partial charge is 0.511 e. The molecular formula is C18H12FNO4S. The highest BCUT2D eigenvalue weighted by molar-refractivity contribution is 7.13. The number of nitrogens with zero attached hydrogens (tertiary/aromatic N) is 1. The number of thiophene rings is 1. The summed E-state index contributed by atoms with van der Waals surface area (Å²) in [6.45, 7) is 0.414. The Morgan fingerprint density at radius 2 is 2.12 bits per heavy atom. The van der Waals surface area contributed by atoms with Crippen molar-refractivity contribution < 1.29 is 19.0 Å². The second-order valence-electron chi connectivity index (χ2n) is 5.63. The standard InChI is InChI=1S/C18H12FNO4S/c19-12-3-1-2-11(8-12)13-9-14(24-18(22)23)15-16-10(5-7-25-16)4-6-20(15)17(13)21/h1-3,5,7-9H,4,6H2,(H,22,23). The van der Waals surface area contributed by atoms with Crippen molar-refractivity contribution >= 4 is 17.5 Å². The first-order valence-corrected chi connectivity index (χ1v) is 8.44. The van der Waals surface area contributed by atoms with E-state index in [0.29, 0.717) is 24.2 Å². The van der Waals surface area contributed by atoms with Crippen molar-refractivity contribution in [1.29, 1.82) is 0 Å². The van der Waals surface area contributed by atoms with Gasteiger partial charge in [0.1, 0.15) is 11.5 Å². The molecule has 0 saturated heterocycles. The van der Waals surface area contributed by atoms with Crippen molar-refractivity contribution in [1.82, 2.24) is 4.57 Å². The highest BCUT2D eigenvalue weighted by Gasteiger charge is 2.26. The topological polar surface area (TPSA) is 68.5 Å². The molecule has 2 aromatic heterocycles. The molecule has 3 heterocycles. The Morgan fingerprint density at radius 1 is 1.28 bits per heavy atom. The number of hydrogen-bond donors (Lipinski definition) is 1. The maximum absolute atomic E-state index is 13.6. The fourth-order valence-corrected chi connectivity index (χ4v) is 4.11. The van der Waals surface area contributed by atoms with Crippen LogP contribution in [0.15, 0.2) is 46.6 Å². The molecule has 0 radical (unpaired) electrons. The highest BCUT2D eigenvalue weighted by Crippen LogP contribution is 2.40. The fraction of sp³-hybridized carbons (Fsp3) is 0.111.